The highest BCUT2D eigenvalue weighted by molar-refractivity contribution is 5.94. The van der Waals surface area contributed by atoms with Gasteiger partial charge in [-0.1, -0.05) is 43.2 Å². The third-order valence-corrected chi connectivity index (χ3v) is 4.86. The average Bonchev–Trinajstić information content (AvgIpc) is 3.03. The number of imidazole rings is 1. The molecule has 1 N–H and O–H groups in total. The van der Waals surface area contributed by atoms with Gasteiger partial charge in [-0.2, -0.15) is 0 Å². The monoisotopic (exact) mass is 363 g/mol. The Kier molecular flexibility index (Phi) is 6.64. The summed E-state index contributed by atoms with van der Waals surface area (Å²) < 4.78 is 2.36. The minimum atomic E-state index is 0.0136. The van der Waals surface area contributed by atoms with Crippen LogP contribution in [0.15, 0.2) is 48.5 Å². The van der Waals surface area contributed by atoms with Crippen LogP contribution in [0, 0.1) is 6.92 Å². The van der Waals surface area contributed by atoms with Crippen LogP contribution >= 0.6 is 0 Å². The van der Waals surface area contributed by atoms with E-state index in [1.54, 1.807) is 0 Å². The molecule has 3 aromatic rings. The Labute approximate surface area is 161 Å². The maximum Gasteiger partial charge on any atom is 0.251 e. The quantitative estimate of drug-likeness (QED) is 0.550. The van der Waals surface area contributed by atoms with Crippen LogP contribution in [0.4, 0.5) is 0 Å². The van der Waals surface area contributed by atoms with Crippen molar-refractivity contribution in [3.8, 4) is 0 Å². The molecule has 1 heterocycles. The summed E-state index contributed by atoms with van der Waals surface area (Å²) in [6.45, 7) is 5.96. The van der Waals surface area contributed by atoms with Crippen LogP contribution in [0.1, 0.15) is 54.4 Å². The van der Waals surface area contributed by atoms with E-state index in [1.165, 1.54) is 16.9 Å². The van der Waals surface area contributed by atoms with Crippen LogP contribution in [0.25, 0.3) is 11.0 Å². The van der Waals surface area contributed by atoms with Crippen molar-refractivity contribution >= 4 is 16.9 Å². The number of para-hydroxylation sites is 2. The van der Waals surface area contributed by atoms with Gasteiger partial charge in [-0.15, -0.1) is 0 Å². The van der Waals surface area contributed by atoms with Gasteiger partial charge in [-0.3, -0.25) is 4.79 Å². The molecule has 0 saturated heterocycles. The van der Waals surface area contributed by atoms with Gasteiger partial charge in [0.25, 0.3) is 5.91 Å². The molecule has 0 aliphatic carbocycles. The van der Waals surface area contributed by atoms with Crippen LogP contribution in [0.2, 0.25) is 0 Å². The predicted molar refractivity (Wildman–Crippen MR) is 111 cm³/mol. The number of hydrogen-bond donors (Lipinski definition) is 1. The maximum atomic E-state index is 12.1. The van der Waals surface area contributed by atoms with Crippen LogP contribution in [0.3, 0.4) is 0 Å². The van der Waals surface area contributed by atoms with E-state index in [0.29, 0.717) is 0 Å². The van der Waals surface area contributed by atoms with Gasteiger partial charge in [0.2, 0.25) is 0 Å². The topological polar surface area (TPSA) is 46.9 Å². The Morgan fingerprint density at radius 3 is 2.59 bits per heavy atom. The molecule has 1 amide bonds. The molecule has 27 heavy (non-hydrogen) atoms. The van der Waals surface area contributed by atoms with E-state index in [1.807, 2.05) is 37.3 Å². The van der Waals surface area contributed by atoms with Crippen molar-refractivity contribution in [2.75, 3.05) is 6.54 Å². The molecule has 142 valence electrons. The minimum Gasteiger partial charge on any atom is -0.352 e. The van der Waals surface area contributed by atoms with Gasteiger partial charge in [0.15, 0.2) is 0 Å². The standard InChI is InChI=1S/C23H29N3O/c1-3-17-26-21-10-7-6-9-20(21)25-22(26)11-5-4-8-16-24-23(27)19-14-12-18(2)13-15-19/h6-7,9-10,12-15H,3-5,8,11,16-17H2,1-2H3,(H,24,27). The summed E-state index contributed by atoms with van der Waals surface area (Å²) in [5.41, 5.74) is 4.22. The summed E-state index contributed by atoms with van der Waals surface area (Å²) in [5.74, 6) is 1.20. The van der Waals surface area contributed by atoms with E-state index in [2.05, 4.69) is 35.0 Å². The maximum absolute atomic E-state index is 12.1. The first kappa shape index (κ1) is 19.2. The second kappa shape index (κ2) is 9.36. The Morgan fingerprint density at radius 2 is 1.81 bits per heavy atom. The number of rotatable bonds is 9. The van der Waals surface area contributed by atoms with Crippen LogP contribution in [-0.2, 0) is 13.0 Å². The average molecular weight is 364 g/mol. The summed E-state index contributed by atoms with van der Waals surface area (Å²) in [6, 6.07) is 16.1. The lowest BCUT2D eigenvalue weighted by Gasteiger charge is -2.08. The van der Waals surface area contributed by atoms with Gasteiger partial charge in [0, 0.05) is 25.1 Å². The Balaban J connectivity index is 1.44. The van der Waals surface area contributed by atoms with Crippen molar-refractivity contribution in [1.82, 2.24) is 14.9 Å². The van der Waals surface area contributed by atoms with Crippen molar-refractivity contribution in [2.24, 2.45) is 0 Å². The number of aromatic nitrogens is 2. The fourth-order valence-corrected chi connectivity index (χ4v) is 3.38. The van der Waals surface area contributed by atoms with Gasteiger partial charge in [-0.05, 0) is 50.5 Å². The molecule has 2 aromatic carbocycles. The first-order chi connectivity index (χ1) is 13.2. The number of carbonyl (C=O) groups excluding carboxylic acids is 1. The van der Waals surface area contributed by atoms with Crippen LogP contribution < -0.4 is 5.32 Å². The van der Waals surface area contributed by atoms with Gasteiger partial charge in [-0.25, -0.2) is 4.98 Å². The Bertz CT molecular complexity index is 880. The van der Waals surface area contributed by atoms with Crippen molar-refractivity contribution in [3.63, 3.8) is 0 Å². The SMILES string of the molecule is CCCn1c(CCCCCNC(=O)c2ccc(C)cc2)nc2ccccc21. The Hall–Kier alpha value is -2.62. The van der Waals surface area contributed by atoms with Gasteiger partial charge in [0.1, 0.15) is 5.82 Å². The largest absolute Gasteiger partial charge is 0.352 e. The van der Waals surface area contributed by atoms with Gasteiger partial charge >= 0.3 is 0 Å². The van der Waals surface area contributed by atoms with E-state index >= 15 is 0 Å². The molecule has 0 saturated carbocycles. The minimum absolute atomic E-state index is 0.0136. The zero-order valence-corrected chi connectivity index (χ0v) is 16.4. The molecule has 0 atom stereocenters. The number of unbranched alkanes of at least 4 members (excludes halogenated alkanes) is 2. The zero-order valence-electron chi connectivity index (χ0n) is 16.4. The lowest BCUT2D eigenvalue weighted by Crippen LogP contribution is -2.24. The molecule has 4 nitrogen and oxygen atoms in total. The first-order valence-electron chi connectivity index (χ1n) is 9.98. The number of hydrogen-bond acceptors (Lipinski definition) is 2. The Morgan fingerprint density at radius 1 is 1.04 bits per heavy atom. The third kappa shape index (κ3) is 4.97. The highest BCUT2D eigenvalue weighted by Crippen LogP contribution is 2.18. The van der Waals surface area contributed by atoms with Crippen LogP contribution in [0.5, 0.6) is 0 Å². The lowest BCUT2D eigenvalue weighted by atomic mass is 10.1. The summed E-state index contributed by atoms with van der Waals surface area (Å²) >= 11 is 0. The highest BCUT2D eigenvalue weighted by Gasteiger charge is 2.09. The van der Waals surface area contributed by atoms with Crippen molar-refractivity contribution < 1.29 is 4.79 Å². The van der Waals surface area contributed by atoms with Crippen molar-refractivity contribution in [1.29, 1.82) is 0 Å². The summed E-state index contributed by atoms with van der Waals surface area (Å²) in [4.78, 5) is 16.9. The molecule has 0 fully saturated rings. The van der Waals surface area contributed by atoms with Crippen molar-refractivity contribution in [3.05, 3.63) is 65.5 Å². The van der Waals surface area contributed by atoms with E-state index in [9.17, 15) is 4.79 Å². The van der Waals surface area contributed by atoms with Gasteiger partial charge < -0.3 is 9.88 Å². The van der Waals surface area contributed by atoms with E-state index in [-0.39, 0.29) is 5.91 Å². The number of aryl methyl sites for hydroxylation is 3. The summed E-state index contributed by atoms with van der Waals surface area (Å²) in [5, 5.41) is 3.01. The molecule has 0 spiro atoms. The third-order valence-electron chi connectivity index (χ3n) is 4.86. The summed E-state index contributed by atoms with van der Waals surface area (Å²) in [7, 11) is 0. The zero-order chi connectivity index (χ0) is 19.1. The molecule has 0 aliphatic rings. The van der Waals surface area contributed by atoms with E-state index in [0.717, 1.165) is 56.3 Å². The fraction of sp³-hybridized carbons (Fsp3) is 0.391. The molecular weight excluding hydrogens is 334 g/mol. The second-order valence-electron chi connectivity index (χ2n) is 7.10. The lowest BCUT2D eigenvalue weighted by molar-refractivity contribution is 0.0953. The highest BCUT2D eigenvalue weighted by atomic mass is 16.1. The molecule has 0 unspecified atom stereocenters. The second-order valence-corrected chi connectivity index (χ2v) is 7.10. The number of carbonyl (C=O) groups is 1. The molecule has 4 heteroatoms. The molecule has 3 rings (SSSR count). The van der Waals surface area contributed by atoms with E-state index < -0.39 is 0 Å². The molecular formula is C23H29N3O. The first-order valence-corrected chi connectivity index (χ1v) is 9.98. The molecule has 1 aromatic heterocycles. The molecule has 0 radical (unpaired) electrons. The number of fused-ring (bicyclic) bond motifs is 1. The number of nitrogens with one attached hydrogen (secondary N) is 1. The van der Waals surface area contributed by atoms with E-state index in [4.69, 9.17) is 4.98 Å². The smallest absolute Gasteiger partial charge is 0.251 e. The van der Waals surface area contributed by atoms with Gasteiger partial charge in [0.05, 0.1) is 11.0 Å². The van der Waals surface area contributed by atoms with Crippen molar-refractivity contribution in [2.45, 2.75) is 52.5 Å². The number of amides is 1. The van der Waals surface area contributed by atoms with Crippen LogP contribution in [-0.4, -0.2) is 22.0 Å². The fourth-order valence-electron chi connectivity index (χ4n) is 3.38. The normalized spacial score (nSPS) is 11.0. The predicted octanol–water partition coefficient (Wildman–Crippen LogP) is 4.90. The molecule has 0 aliphatic heterocycles. The number of benzene rings is 2. The summed E-state index contributed by atoms with van der Waals surface area (Å²) in [6.07, 6.45) is 5.27. The number of nitrogens with zero attached hydrogens (tertiary/aromatic N) is 2. The molecule has 0 bridgehead atoms.